The van der Waals surface area contributed by atoms with Crippen LogP contribution in [0.4, 0.5) is 34.1 Å². The summed E-state index contributed by atoms with van der Waals surface area (Å²) in [6.07, 6.45) is 0. The molecule has 7 rings (SSSR count). The Balaban J connectivity index is 1.50. The molecule has 0 aliphatic rings. The average molecular weight is 894 g/mol. The second kappa shape index (κ2) is 17.9. The predicted octanol–water partition coefficient (Wildman–Crippen LogP) is 19.4. The summed E-state index contributed by atoms with van der Waals surface area (Å²) in [5.41, 5.74) is 18.3. The average Bonchev–Trinajstić information content (AvgIpc) is 3.24. The molecule has 0 aliphatic carbocycles. The quantitative estimate of drug-likeness (QED) is 0.150. The number of anilines is 6. The molecule has 66 heavy (non-hydrogen) atoms. The zero-order valence-corrected chi connectivity index (χ0v) is 43.5. The van der Waals surface area contributed by atoms with Crippen molar-refractivity contribution in [3.8, 4) is 22.3 Å². The van der Waals surface area contributed by atoms with Crippen LogP contribution in [0.3, 0.4) is 0 Å². The van der Waals surface area contributed by atoms with Crippen molar-refractivity contribution in [3.05, 3.63) is 190 Å². The smallest absolute Gasteiger partial charge is 0.0887 e. The maximum absolute atomic E-state index is 8.03. The van der Waals surface area contributed by atoms with Gasteiger partial charge in [0.1, 0.15) is 0 Å². The van der Waals surface area contributed by atoms with Gasteiger partial charge >= 0.3 is 0 Å². The number of nitrogens with zero attached hydrogens (tertiary/aromatic N) is 2. The van der Waals surface area contributed by atoms with Crippen molar-refractivity contribution in [2.45, 2.75) is 138 Å². The van der Waals surface area contributed by atoms with Crippen LogP contribution < -0.4 is 9.80 Å². The SMILES string of the molecule is Cc1cc(N(c2ccc(C(C)(C)C)cc2)c2ccc(C(C)(C)C)cc2)c(Cl)c(N(c2ccc(C(C)(C)C)cc2)c2cc(-c3ccc(C(C)(C)C)cc3)cc(-c3ccc(C(C)(C)C)cc3)c2)c1. The number of hydrogen-bond acceptors (Lipinski definition) is 2. The van der Waals surface area contributed by atoms with E-state index in [1.54, 1.807) is 0 Å². The fourth-order valence-corrected chi connectivity index (χ4v) is 8.92. The van der Waals surface area contributed by atoms with Crippen LogP contribution in [0.25, 0.3) is 22.3 Å². The van der Waals surface area contributed by atoms with Crippen LogP contribution in [0.1, 0.15) is 137 Å². The Hall–Kier alpha value is -5.57. The highest BCUT2D eigenvalue weighted by Gasteiger charge is 2.26. The fourth-order valence-electron chi connectivity index (χ4n) is 8.64. The van der Waals surface area contributed by atoms with Gasteiger partial charge in [0.05, 0.1) is 16.4 Å². The summed E-state index contributed by atoms with van der Waals surface area (Å²) in [5.74, 6) is 0. The van der Waals surface area contributed by atoms with Crippen molar-refractivity contribution < 1.29 is 0 Å². The van der Waals surface area contributed by atoms with E-state index in [9.17, 15) is 0 Å². The van der Waals surface area contributed by atoms with Crippen LogP contribution in [0.2, 0.25) is 5.02 Å². The zero-order chi connectivity index (χ0) is 48.1. The summed E-state index contributed by atoms with van der Waals surface area (Å²) < 4.78 is 0. The third-order valence-electron chi connectivity index (χ3n) is 13.0. The summed E-state index contributed by atoms with van der Waals surface area (Å²) in [4.78, 5) is 4.70. The molecular weight excluding hydrogens is 820 g/mol. The van der Waals surface area contributed by atoms with Gasteiger partial charge in [0.25, 0.3) is 0 Å². The Labute approximate surface area is 403 Å². The normalized spacial score (nSPS) is 12.6. The van der Waals surface area contributed by atoms with Gasteiger partial charge in [-0.15, -0.1) is 0 Å². The van der Waals surface area contributed by atoms with E-state index < -0.39 is 0 Å². The Kier molecular flexibility index (Phi) is 13.1. The molecule has 0 amide bonds. The Bertz CT molecular complexity index is 2640. The summed E-state index contributed by atoms with van der Waals surface area (Å²) in [6, 6.07) is 56.8. The summed E-state index contributed by atoms with van der Waals surface area (Å²) in [6.45, 7) is 36.2. The highest BCUT2D eigenvalue weighted by molar-refractivity contribution is 6.36. The Morgan fingerprint density at radius 3 is 0.788 bits per heavy atom. The molecule has 3 heteroatoms. The minimum Gasteiger partial charge on any atom is -0.309 e. The molecule has 0 bridgehead atoms. The molecule has 0 saturated carbocycles. The van der Waals surface area contributed by atoms with E-state index in [1.165, 1.54) is 38.9 Å². The fraction of sp³-hybridized carbons (Fsp3) is 0.333. The number of hydrogen-bond donors (Lipinski definition) is 0. The molecule has 7 aromatic rings. The monoisotopic (exact) mass is 893 g/mol. The second-order valence-corrected chi connectivity index (χ2v) is 24.0. The van der Waals surface area contributed by atoms with Gasteiger partial charge in [0, 0.05) is 22.7 Å². The van der Waals surface area contributed by atoms with E-state index >= 15 is 0 Å². The van der Waals surface area contributed by atoms with Gasteiger partial charge in [-0.25, -0.2) is 0 Å². The lowest BCUT2D eigenvalue weighted by Gasteiger charge is -2.33. The maximum atomic E-state index is 8.03. The highest BCUT2D eigenvalue weighted by Crippen LogP contribution is 2.49. The van der Waals surface area contributed by atoms with Gasteiger partial charge in [0.2, 0.25) is 0 Å². The molecule has 0 radical (unpaired) electrons. The first kappa shape index (κ1) is 48.4. The van der Waals surface area contributed by atoms with Crippen LogP contribution in [-0.4, -0.2) is 0 Å². The van der Waals surface area contributed by atoms with E-state index in [-0.39, 0.29) is 27.1 Å². The first-order valence-corrected chi connectivity index (χ1v) is 24.2. The Morgan fingerprint density at radius 1 is 0.288 bits per heavy atom. The Morgan fingerprint density at radius 2 is 0.530 bits per heavy atom. The van der Waals surface area contributed by atoms with Crippen molar-refractivity contribution in [2.75, 3.05) is 9.80 Å². The lowest BCUT2D eigenvalue weighted by atomic mass is 9.85. The number of benzene rings is 7. The van der Waals surface area contributed by atoms with Crippen molar-refractivity contribution in [3.63, 3.8) is 0 Å². The molecule has 0 heterocycles. The molecule has 0 unspecified atom stereocenters. The molecule has 342 valence electrons. The van der Waals surface area contributed by atoms with E-state index in [2.05, 4.69) is 272 Å². The predicted molar refractivity (Wildman–Crippen MR) is 290 cm³/mol. The van der Waals surface area contributed by atoms with Crippen LogP contribution in [0.15, 0.2) is 152 Å². The molecule has 0 fully saturated rings. The molecule has 7 aromatic carbocycles. The van der Waals surface area contributed by atoms with Gasteiger partial charge < -0.3 is 9.80 Å². The molecule has 0 atom stereocenters. The zero-order valence-electron chi connectivity index (χ0n) is 42.7. The topological polar surface area (TPSA) is 6.48 Å². The lowest BCUT2D eigenvalue weighted by Crippen LogP contribution is -2.17. The van der Waals surface area contributed by atoms with E-state index in [0.717, 1.165) is 50.8 Å². The molecule has 0 aliphatic heterocycles. The molecule has 0 aromatic heterocycles. The number of aryl methyl sites for hydroxylation is 1. The number of halogens is 1. The van der Waals surface area contributed by atoms with Crippen LogP contribution in [-0.2, 0) is 27.1 Å². The lowest BCUT2D eigenvalue weighted by molar-refractivity contribution is 0.590. The van der Waals surface area contributed by atoms with Crippen LogP contribution in [0, 0.1) is 6.92 Å². The van der Waals surface area contributed by atoms with Crippen molar-refractivity contribution in [1.82, 2.24) is 0 Å². The third kappa shape index (κ3) is 10.7. The third-order valence-corrected chi connectivity index (χ3v) is 13.4. The summed E-state index contributed by atoms with van der Waals surface area (Å²) in [5, 5.41) is 0.663. The van der Waals surface area contributed by atoms with Gasteiger partial charge in [-0.3, -0.25) is 0 Å². The van der Waals surface area contributed by atoms with Crippen molar-refractivity contribution in [2.24, 2.45) is 0 Å². The summed E-state index contributed by atoms with van der Waals surface area (Å²) >= 11 is 8.03. The van der Waals surface area contributed by atoms with Crippen molar-refractivity contribution in [1.29, 1.82) is 0 Å². The van der Waals surface area contributed by atoms with E-state index in [4.69, 9.17) is 11.6 Å². The van der Waals surface area contributed by atoms with Gasteiger partial charge in [-0.1, -0.05) is 200 Å². The number of rotatable bonds is 8. The second-order valence-electron chi connectivity index (χ2n) is 23.6. The van der Waals surface area contributed by atoms with E-state index in [1.807, 2.05) is 0 Å². The first-order chi connectivity index (χ1) is 30.7. The van der Waals surface area contributed by atoms with Gasteiger partial charge in [-0.05, 0) is 156 Å². The first-order valence-electron chi connectivity index (χ1n) is 23.8. The molecular formula is C63H73ClN2. The van der Waals surface area contributed by atoms with Gasteiger partial charge in [0.15, 0.2) is 0 Å². The van der Waals surface area contributed by atoms with Crippen LogP contribution >= 0.6 is 11.6 Å². The minimum atomic E-state index is -0.00535. The molecule has 0 spiro atoms. The largest absolute Gasteiger partial charge is 0.309 e. The molecule has 2 nitrogen and oxygen atoms in total. The highest BCUT2D eigenvalue weighted by atomic mass is 35.5. The van der Waals surface area contributed by atoms with E-state index in [0.29, 0.717) is 5.02 Å². The van der Waals surface area contributed by atoms with Crippen molar-refractivity contribution >= 4 is 45.7 Å². The molecule has 0 N–H and O–H groups in total. The minimum absolute atomic E-state index is 0.00535. The summed E-state index contributed by atoms with van der Waals surface area (Å²) in [7, 11) is 0. The molecule has 0 saturated heterocycles. The van der Waals surface area contributed by atoms with Crippen LogP contribution in [0.5, 0.6) is 0 Å². The standard InChI is InChI=1S/C63H73ClN2/c1-42-37-56(65(52-31-25-49(26-32-52)61(8,9)10)53-33-27-50(28-34-53)62(11,12)13)58(64)57(38-42)66(54-35-29-51(30-36-54)63(14,15)16)55-40-45(43-17-21-47(22-18-43)59(2,3)4)39-46(41-55)44-19-23-48(24-20-44)60(5,6)7/h17-41H,1-16H3. The maximum Gasteiger partial charge on any atom is 0.0887 e. The van der Waals surface area contributed by atoms with Gasteiger partial charge in [-0.2, -0.15) is 0 Å².